The largest absolute Gasteiger partial charge is 0.392 e. The number of hydrogen-bond donors (Lipinski definition) is 2. The molecule has 0 bridgehead atoms. The smallest absolute Gasteiger partial charge is 0.237 e. The van der Waals surface area contributed by atoms with Crippen LogP contribution in [0.5, 0.6) is 0 Å². The number of aliphatic hydroxyl groups is 1. The van der Waals surface area contributed by atoms with E-state index in [0.29, 0.717) is 6.54 Å². The lowest BCUT2D eigenvalue weighted by Crippen LogP contribution is -2.47. The van der Waals surface area contributed by atoms with E-state index in [4.69, 9.17) is 5.11 Å². The Balaban J connectivity index is 4.03. The SMILES string of the molecule is CC(O)CN(C)C(C)C(=O)NC(C)C. The van der Waals surface area contributed by atoms with Crippen LogP contribution in [0.2, 0.25) is 0 Å². The third-order valence-electron chi connectivity index (χ3n) is 2.02. The number of likely N-dealkylation sites (N-methyl/N-ethyl adjacent to an activating group) is 1. The molecule has 0 radical (unpaired) electrons. The van der Waals surface area contributed by atoms with Gasteiger partial charge < -0.3 is 10.4 Å². The minimum Gasteiger partial charge on any atom is -0.392 e. The van der Waals surface area contributed by atoms with Crippen LogP contribution in [0, 0.1) is 0 Å². The van der Waals surface area contributed by atoms with Crippen molar-refractivity contribution in [2.45, 2.75) is 45.9 Å². The highest BCUT2D eigenvalue weighted by molar-refractivity contribution is 5.81. The molecule has 84 valence electrons. The van der Waals surface area contributed by atoms with Gasteiger partial charge in [-0.15, -0.1) is 0 Å². The van der Waals surface area contributed by atoms with Crippen molar-refractivity contribution in [1.29, 1.82) is 0 Å². The third kappa shape index (κ3) is 5.19. The molecule has 0 rings (SSSR count). The van der Waals surface area contributed by atoms with Gasteiger partial charge in [-0.2, -0.15) is 0 Å². The second-order valence-electron chi connectivity index (χ2n) is 4.13. The lowest BCUT2D eigenvalue weighted by molar-refractivity contribution is -0.126. The lowest BCUT2D eigenvalue weighted by Gasteiger charge is -2.25. The fourth-order valence-corrected chi connectivity index (χ4v) is 1.18. The zero-order valence-corrected chi connectivity index (χ0v) is 9.74. The van der Waals surface area contributed by atoms with Gasteiger partial charge in [0.2, 0.25) is 5.91 Å². The van der Waals surface area contributed by atoms with Gasteiger partial charge in [0.05, 0.1) is 12.1 Å². The van der Waals surface area contributed by atoms with E-state index in [1.54, 1.807) is 6.92 Å². The maximum absolute atomic E-state index is 11.5. The summed E-state index contributed by atoms with van der Waals surface area (Å²) in [6.45, 7) is 7.91. The van der Waals surface area contributed by atoms with E-state index >= 15 is 0 Å². The molecule has 0 saturated carbocycles. The summed E-state index contributed by atoms with van der Waals surface area (Å²) in [6.07, 6.45) is -0.408. The Bertz CT molecular complexity index is 181. The number of nitrogens with one attached hydrogen (secondary N) is 1. The molecule has 4 heteroatoms. The zero-order valence-electron chi connectivity index (χ0n) is 9.74. The van der Waals surface area contributed by atoms with Crippen LogP contribution < -0.4 is 5.32 Å². The maximum atomic E-state index is 11.5. The first kappa shape index (κ1) is 13.4. The summed E-state index contributed by atoms with van der Waals surface area (Å²) >= 11 is 0. The molecule has 0 aliphatic carbocycles. The maximum Gasteiger partial charge on any atom is 0.237 e. The van der Waals surface area contributed by atoms with Crippen molar-refractivity contribution >= 4 is 5.91 Å². The predicted molar refractivity (Wildman–Crippen MR) is 57.1 cm³/mol. The summed E-state index contributed by atoms with van der Waals surface area (Å²) in [4.78, 5) is 13.4. The molecule has 2 unspecified atom stereocenters. The first-order chi connectivity index (χ1) is 6.34. The van der Waals surface area contributed by atoms with Crippen molar-refractivity contribution in [3.8, 4) is 0 Å². The van der Waals surface area contributed by atoms with E-state index in [1.807, 2.05) is 32.7 Å². The van der Waals surface area contributed by atoms with Gasteiger partial charge in [-0.1, -0.05) is 0 Å². The molecule has 0 fully saturated rings. The van der Waals surface area contributed by atoms with Crippen molar-refractivity contribution in [1.82, 2.24) is 10.2 Å². The van der Waals surface area contributed by atoms with Crippen molar-refractivity contribution in [3.05, 3.63) is 0 Å². The number of amides is 1. The molecular formula is C10H22N2O2. The average Bonchev–Trinajstić information content (AvgIpc) is 2.00. The predicted octanol–water partition coefficient (Wildman–Crippen LogP) is 0.212. The average molecular weight is 202 g/mol. The fourth-order valence-electron chi connectivity index (χ4n) is 1.18. The van der Waals surface area contributed by atoms with Gasteiger partial charge in [0, 0.05) is 12.6 Å². The monoisotopic (exact) mass is 202 g/mol. The third-order valence-corrected chi connectivity index (χ3v) is 2.02. The first-order valence-corrected chi connectivity index (χ1v) is 5.03. The van der Waals surface area contributed by atoms with Crippen LogP contribution in [0.1, 0.15) is 27.7 Å². The van der Waals surface area contributed by atoms with Crippen molar-refractivity contribution < 1.29 is 9.90 Å². The Labute approximate surface area is 86.3 Å². The van der Waals surface area contributed by atoms with Crippen LogP contribution in [0.4, 0.5) is 0 Å². The van der Waals surface area contributed by atoms with Crippen LogP contribution in [0.25, 0.3) is 0 Å². The Morgan fingerprint density at radius 3 is 2.21 bits per heavy atom. The molecule has 0 saturated heterocycles. The highest BCUT2D eigenvalue weighted by Crippen LogP contribution is 1.98. The van der Waals surface area contributed by atoms with Crippen LogP contribution in [-0.2, 0) is 4.79 Å². The highest BCUT2D eigenvalue weighted by atomic mass is 16.3. The van der Waals surface area contributed by atoms with Gasteiger partial charge in [-0.25, -0.2) is 0 Å². The van der Waals surface area contributed by atoms with E-state index in [9.17, 15) is 4.79 Å². The molecular weight excluding hydrogens is 180 g/mol. The van der Waals surface area contributed by atoms with Crippen molar-refractivity contribution in [2.24, 2.45) is 0 Å². The standard InChI is InChI=1S/C10H22N2O2/c1-7(2)11-10(14)9(4)12(5)6-8(3)13/h7-9,13H,6H2,1-5H3,(H,11,14). The number of hydrogen-bond acceptors (Lipinski definition) is 3. The molecule has 0 aliphatic rings. The molecule has 0 aliphatic heterocycles. The molecule has 0 aromatic rings. The molecule has 4 nitrogen and oxygen atoms in total. The van der Waals surface area contributed by atoms with E-state index in [-0.39, 0.29) is 18.0 Å². The molecule has 2 atom stereocenters. The number of carbonyl (C=O) groups is 1. The number of carbonyl (C=O) groups excluding carboxylic acids is 1. The molecule has 2 N–H and O–H groups in total. The first-order valence-electron chi connectivity index (χ1n) is 5.03. The number of nitrogens with zero attached hydrogens (tertiary/aromatic N) is 1. The summed E-state index contributed by atoms with van der Waals surface area (Å²) < 4.78 is 0. The van der Waals surface area contributed by atoms with Crippen LogP contribution in [0.3, 0.4) is 0 Å². The van der Waals surface area contributed by atoms with Gasteiger partial charge in [0.25, 0.3) is 0 Å². The zero-order chi connectivity index (χ0) is 11.3. The molecule has 0 spiro atoms. The Morgan fingerprint density at radius 2 is 1.86 bits per heavy atom. The lowest BCUT2D eigenvalue weighted by atomic mass is 10.2. The summed E-state index contributed by atoms with van der Waals surface area (Å²) in [5.74, 6) is 0.00292. The minimum absolute atomic E-state index is 0.00292. The van der Waals surface area contributed by atoms with Gasteiger partial charge in [-0.05, 0) is 34.7 Å². The molecule has 0 heterocycles. The number of aliphatic hydroxyl groups excluding tert-OH is 1. The molecule has 0 aromatic heterocycles. The van der Waals surface area contributed by atoms with Gasteiger partial charge >= 0.3 is 0 Å². The van der Waals surface area contributed by atoms with Gasteiger partial charge in [0.1, 0.15) is 0 Å². The highest BCUT2D eigenvalue weighted by Gasteiger charge is 2.19. The molecule has 1 amide bonds. The van der Waals surface area contributed by atoms with Gasteiger partial charge in [0.15, 0.2) is 0 Å². The molecule has 14 heavy (non-hydrogen) atoms. The summed E-state index contributed by atoms with van der Waals surface area (Å²) in [6, 6.07) is -0.0445. The second kappa shape index (κ2) is 5.98. The topological polar surface area (TPSA) is 52.6 Å². The summed E-state index contributed by atoms with van der Waals surface area (Å²) in [5, 5.41) is 12.0. The van der Waals surface area contributed by atoms with Crippen LogP contribution in [0.15, 0.2) is 0 Å². The van der Waals surface area contributed by atoms with Crippen molar-refractivity contribution in [2.75, 3.05) is 13.6 Å². The van der Waals surface area contributed by atoms with Crippen LogP contribution >= 0.6 is 0 Å². The second-order valence-corrected chi connectivity index (χ2v) is 4.13. The van der Waals surface area contributed by atoms with Crippen LogP contribution in [-0.4, -0.2) is 47.7 Å². The summed E-state index contributed by atoms with van der Waals surface area (Å²) in [7, 11) is 1.83. The minimum atomic E-state index is -0.408. The normalized spacial score (nSPS) is 15.7. The fraction of sp³-hybridized carbons (Fsp3) is 0.900. The van der Waals surface area contributed by atoms with E-state index in [1.165, 1.54) is 0 Å². The Morgan fingerprint density at radius 1 is 1.36 bits per heavy atom. The Kier molecular flexibility index (Phi) is 5.72. The van der Waals surface area contributed by atoms with E-state index in [2.05, 4.69) is 5.32 Å². The van der Waals surface area contributed by atoms with Crippen molar-refractivity contribution in [3.63, 3.8) is 0 Å². The Hall–Kier alpha value is -0.610. The van der Waals surface area contributed by atoms with Gasteiger partial charge in [-0.3, -0.25) is 9.69 Å². The van der Waals surface area contributed by atoms with E-state index < -0.39 is 6.10 Å². The number of rotatable bonds is 5. The van der Waals surface area contributed by atoms with E-state index in [0.717, 1.165) is 0 Å². The summed E-state index contributed by atoms with van der Waals surface area (Å²) in [5.41, 5.74) is 0. The molecule has 0 aromatic carbocycles. The quantitative estimate of drug-likeness (QED) is 0.670.